The van der Waals surface area contributed by atoms with Crippen LogP contribution in [0.3, 0.4) is 0 Å². The first-order valence-electron chi connectivity index (χ1n) is 5.72. The van der Waals surface area contributed by atoms with E-state index in [9.17, 15) is 18.0 Å². The molecule has 1 aliphatic heterocycles. The Labute approximate surface area is 101 Å². The summed E-state index contributed by atoms with van der Waals surface area (Å²) in [5.41, 5.74) is 0. The fourth-order valence-electron chi connectivity index (χ4n) is 1.60. The maximum Gasteiger partial charge on any atom is 0.243 e. The molecule has 98 valence electrons. The minimum atomic E-state index is -2.94. The number of sulfone groups is 1. The molecule has 17 heavy (non-hydrogen) atoms. The highest BCUT2D eigenvalue weighted by Crippen LogP contribution is 2.04. The summed E-state index contributed by atoms with van der Waals surface area (Å²) in [7, 11) is -2.94. The predicted octanol–water partition coefficient (Wildman–Crippen LogP) is -0.794. The molecule has 0 saturated carbocycles. The van der Waals surface area contributed by atoms with Crippen LogP contribution in [0.5, 0.6) is 0 Å². The highest BCUT2D eigenvalue weighted by atomic mass is 32.2. The van der Waals surface area contributed by atoms with E-state index in [-0.39, 0.29) is 29.4 Å². The monoisotopic (exact) mass is 262 g/mol. The van der Waals surface area contributed by atoms with Crippen molar-refractivity contribution in [3.05, 3.63) is 0 Å². The predicted molar refractivity (Wildman–Crippen MR) is 63.1 cm³/mol. The smallest absolute Gasteiger partial charge is 0.243 e. The molecule has 0 aromatic heterocycles. The molecule has 0 aromatic rings. The zero-order chi connectivity index (χ0) is 12.9. The highest BCUT2D eigenvalue weighted by molar-refractivity contribution is 7.91. The molecule has 0 aromatic carbocycles. The molecule has 1 fully saturated rings. The molecule has 0 bridgehead atoms. The topological polar surface area (TPSA) is 92.3 Å². The average molecular weight is 262 g/mol. The standard InChI is InChI=1S/C10H18N2O4S/c1-2-17(15,16)7-3-6-11-8-4-5-9(13)12-10(8)14/h8,11H,2-7H2,1H3,(H,12,13,14). The van der Waals surface area contributed by atoms with Gasteiger partial charge in [-0.2, -0.15) is 0 Å². The van der Waals surface area contributed by atoms with Gasteiger partial charge in [0.25, 0.3) is 0 Å². The van der Waals surface area contributed by atoms with E-state index < -0.39 is 9.84 Å². The molecule has 0 aliphatic carbocycles. The maximum absolute atomic E-state index is 11.3. The van der Waals surface area contributed by atoms with E-state index in [0.29, 0.717) is 25.8 Å². The molecular weight excluding hydrogens is 244 g/mol. The summed E-state index contributed by atoms with van der Waals surface area (Å²) in [4.78, 5) is 22.2. The Bertz CT molecular complexity index is 391. The second kappa shape index (κ2) is 6.11. The van der Waals surface area contributed by atoms with E-state index in [1.54, 1.807) is 6.92 Å². The minimum Gasteiger partial charge on any atom is -0.306 e. The van der Waals surface area contributed by atoms with Crippen molar-refractivity contribution < 1.29 is 18.0 Å². The summed E-state index contributed by atoms with van der Waals surface area (Å²) in [6.07, 6.45) is 1.29. The Morgan fingerprint density at radius 1 is 1.41 bits per heavy atom. The zero-order valence-electron chi connectivity index (χ0n) is 9.86. The van der Waals surface area contributed by atoms with Crippen LogP contribution in [0.25, 0.3) is 0 Å². The van der Waals surface area contributed by atoms with Crippen LogP contribution in [0.2, 0.25) is 0 Å². The first kappa shape index (κ1) is 14.1. The molecule has 2 amide bonds. The molecule has 7 heteroatoms. The van der Waals surface area contributed by atoms with Gasteiger partial charge in [0.2, 0.25) is 11.8 Å². The van der Waals surface area contributed by atoms with E-state index in [0.717, 1.165) is 0 Å². The van der Waals surface area contributed by atoms with Crippen LogP contribution >= 0.6 is 0 Å². The average Bonchev–Trinajstić information content (AvgIpc) is 2.27. The number of hydrogen-bond donors (Lipinski definition) is 2. The third kappa shape index (κ3) is 4.82. The number of carbonyl (C=O) groups excluding carboxylic acids is 2. The maximum atomic E-state index is 11.3. The molecule has 1 saturated heterocycles. The van der Waals surface area contributed by atoms with Gasteiger partial charge in [-0.15, -0.1) is 0 Å². The first-order chi connectivity index (χ1) is 7.94. The molecule has 2 N–H and O–H groups in total. The quantitative estimate of drug-likeness (QED) is 0.483. The number of nitrogens with one attached hydrogen (secondary N) is 2. The van der Waals surface area contributed by atoms with Gasteiger partial charge < -0.3 is 5.32 Å². The molecule has 1 aliphatic rings. The molecule has 0 radical (unpaired) electrons. The second-order valence-electron chi connectivity index (χ2n) is 4.05. The van der Waals surface area contributed by atoms with E-state index in [4.69, 9.17) is 0 Å². The largest absolute Gasteiger partial charge is 0.306 e. The van der Waals surface area contributed by atoms with Crippen molar-refractivity contribution in [1.29, 1.82) is 0 Å². The van der Waals surface area contributed by atoms with Crippen LogP contribution in [0.1, 0.15) is 26.2 Å². The van der Waals surface area contributed by atoms with Crippen molar-refractivity contribution in [2.45, 2.75) is 32.2 Å². The van der Waals surface area contributed by atoms with Crippen LogP contribution in [-0.2, 0) is 19.4 Å². The van der Waals surface area contributed by atoms with Gasteiger partial charge in [-0.1, -0.05) is 6.92 Å². The summed E-state index contributed by atoms with van der Waals surface area (Å²) >= 11 is 0. The van der Waals surface area contributed by atoms with Crippen molar-refractivity contribution >= 4 is 21.7 Å². The van der Waals surface area contributed by atoms with Crippen LogP contribution in [-0.4, -0.2) is 44.3 Å². The van der Waals surface area contributed by atoms with Gasteiger partial charge in [-0.05, 0) is 19.4 Å². The van der Waals surface area contributed by atoms with E-state index in [2.05, 4.69) is 10.6 Å². The Kier molecular flexibility index (Phi) is 5.07. The number of carbonyl (C=O) groups is 2. The number of amides is 2. The minimum absolute atomic E-state index is 0.129. The van der Waals surface area contributed by atoms with Crippen molar-refractivity contribution in [2.24, 2.45) is 0 Å². The summed E-state index contributed by atoms with van der Waals surface area (Å²) in [6.45, 7) is 2.08. The Hall–Kier alpha value is -0.950. The van der Waals surface area contributed by atoms with Crippen molar-refractivity contribution in [3.63, 3.8) is 0 Å². The number of hydrogen-bond acceptors (Lipinski definition) is 5. The van der Waals surface area contributed by atoms with E-state index in [1.807, 2.05) is 0 Å². The van der Waals surface area contributed by atoms with Crippen molar-refractivity contribution in [1.82, 2.24) is 10.6 Å². The SMILES string of the molecule is CCS(=O)(=O)CCCNC1CCC(=O)NC1=O. The fraction of sp³-hybridized carbons (Fsp3) is 0.800. The summed E-state index contributed by atoms with van der Waals surface area (Å²) in [5.74, 6) is -0.295. The van der Waals surface area contributed by atoms with Crippen molar-refractivity contribution in [3.8, 4) is 0 Å². The third-order valence-electron chi connectivity index (χ3n) is 2.70. The van der Waals surface area contributed by atoms with Gasteiger partial charge in [-0.3, -0.25) is 14.9 Å². The summed E-state index contributed by atoms with van der Waals surface area (Å²) in [6, 6.07) is -0.378. The zero-order valence-corrected chi connectivity index (χ0v) is 10.7. The molecule has 1 atom stereocenters. The summed E-state index contributed by atoms with van der Waals surface area (Å²) < 4.78 is 22.4. The van der Waals surface area contributed by atoms with Gasteiger partial charge >= 0.3 is 0 Å². The fourth-order valence-corrected chi connectivity index (χ4v) is 2.47. The molecular formula is C10H18N2O4S. The lowest BCUT2D eigenvalue weighted by Crippen LogP contribution is -2.50. The van der Waals surface area contributed by atoms with Crippen LogP contribution < -0.4 is 10.6 Å². The van der Waals surface area contributed by atoms with E-state index in [1.165, 1.54) is 0 Å². The Morgan fingerprint density at radius 3 is 2.71 bits per heavy atom. The Balaban J connectivity index is 2.23. The molecule has 1 unspecified atom stereocenters. The lowest BCUT2D eigenvalue weighted by molar-refractivity contribution is -0.134. The van der Waals surface area contributed by atoms with E-state index >= 15 is 0 Å². The third-order valence-corrected chi connectivity index (χ3v) is 4.49. The number of rotatable bonds is 6. The molecule has 1 rings (SSSR count). The number of imide groups is 1. The molecule has 1 heterocycles. The van der Waals surface area contributed by atoms with Crippen molar-refractivity contribution in [2.75, 3.05) is 18.1 Å². The van der Waals surface area contributed by atoms with Crippen LogP contribution in [0, 0.1) is 0 Å². The Morgan fingerprint density at radius 2 is 2.12 bits per heavy atom. The lowest BCUT2D eigenvalue weighted by atomic mass is 10.1. The van der Waals surface area contributed by atoms with Crippen LogP contribution in [0.15, 0.2) is 0 Å². The van der Waals surface area contributed by atoms with Gasteiger partial charge in [0.1, 0.15) is 9.84 Å². The van der Waals surface area contributed by atoms with Gasteiger partial charge in [0.15, 0.2) is 0 Å². The lowest BCUT2D eigenvalue weighted by Gasteiger charge is -2.21. The van der Waals surface area contributed by atoms with Crippen LogP contribution in [0.4, 0.5) is 0 Å². The normalized spacial score (nSPS) is 21.4. The van der Waals surface area contributed by atoms with Gasteiger partial charge in [0.05, 0.1) is 11.8 Å². The summed E-state index contributed by atoms with van der Waals surface area (Å²) in [5, 5.41) is 5.20. The van der Waals surface area contributed by atoms with Gasteiger partial charge in [-0.25, -0.2) is 8.42 Å². The second-order valence-corrected chi connectivity index (χ2v) is 6.52. The van der Waals surface area contributed by atoms with Gasteiger partial charge in [0, 0.05) is 12.2 Å². The highest BCUT2D eigenvalue weighted by Gasteiger charge is 2.25. The number of piperidine rings is 1. The molecule has 0 spiro atoms. The molecule has 6 nitrogen and oxygen atoms in total. The first-order valence-corrected chi connectivity index (χ1v) is 7.54.